The summed E-state index contributed by atoms with van der Waals surface area (Å²) in [6, 6.07) is 8.37. The zero-order valence-corrected chi connectivity index (χ0v) is 27.4. The second-order valence-electron chi connectivity index (χ2n) is 13.0. The monoisotopic (exact) mass is 604 g/mol. The van der Waals surface area contributed by atoms with Gasteiger partial charge in [-0.15, -0.1) is 0 Å². The Morgan fingerprint density at radius 3 is 1.70 bits per heavy atom. The first-order valence-electron chi connectivity index (χ1n) is 15.9. The molecule has 0 radical (unpaired) electrons. The third-order valence-electron chi connectivity index (χ3n) is 6.41. The minimum absolute atomic E-state index is 0.00192. The first kappa shape index (κ1) is 37.9. The van der Waals surface area contributed by atoms with Crippen molar-refractivity contribution in [3.05, 3.63) is 35.9 Å². The number of benzene rings is 1. The van der Waals surface area contributed by atoms with Crippen molar-refractivity contribution in [1.82, 2.24) is 10.6 Å². The number of hydrogen-bond donors (Lipinski definition) is 2. The van der Waals surface area contributed by atoms with E-state index in [1.54, 1.807) is 20.8 Å². The van der Waals surface area contributed by atoms with E-state index in [0.717, 1.165) is 50.5 Å². The van der Waals surface area contributed by atoms with E-state index in [2.05, 4.69) is 10.6 Å². The van der Waals surface area contributed by atoms with Gasteiger partial charge in [0.2, 0.25) is 5.91 Å². The van der Waals surface area contributed by atoms with E-state index in [1.807, 2.05) is 51.1 Å². The van der Waals surface area contributed by atoms with Crippen LogP contribution in [0.15, 0.2) is 30.3 Å². The summed E-state index contributed by atoms with van der Waals surface area (Å²) in [5.74, 6) is -0.880. The molecule has 0 aromatic heterocycles. The third-order valence-corrected chi connectivity index (χ3v) is 6.41. The first-order chi connectivity index (χ1) is 20.2. The van der Waals surface area contributed by atoms with E-state index in [-0.39, 0.29) is 31.3 Å². The van der Waals surface area contributed by atoms with Crippen LogP contribution in [0.3, 0.4) is 0 Å². The zero-order valence-electron chi connectivity index (χ0n) is 27.4. The standard InChI is InChI=1S/C34H56N2O7/c1-33(2,3)42-29(37)22-18-13-11-9-7-8-10-12-14-19-25-35-31(39)28(23-24-30(38)43-34(4,5)6)36-32(40)41-26-27-20-16-15-17-21-27/h15-17,20-21,28H,7-14,18-19,22-26H2,1-6H3,(H,35,39)(H,36,40)/t28-/m0/s1. The highest BCUT2D eigenvalue weighted by Gasteiger charge is 2.24. The fraction of sp³-hybridized carbons (Fsp3) is 0.706. The molecule has 0 aliphatic carbocycles. The van der Waals surface area contributed by atoms with Crippen molar-refractivity contribution in [2.45, 2.75) is 149 Å². The largest absolute Gasteiger partial charge is 0.460 e. The van der Waals surface area contributed by atoms with Crippen molar-refractivity contribution in [2.75, 3.05) is 6.54 Å². The van der Waals surface area contributed by atoms with Crippen LogP contribution in [0.1, 0.15) is 131 Å². The molecule has 0 aliphatic heterocycles. The van der Waals surface area contributed by atoms with E-state index in [4.69, 9.17) is 14.2 Å². The van der Waals surface area contributed by atoms with Gasteiger partial charge < -0.3 is 24.8 Å². The molecule has 0 unspecified atom stereocenters. The van der Waals surface area contributed by atoms with Crippen molar-refractivity contribution >= 4 is 23.9 Å². The predicted octanol–water partition coefficient (Wildman–Crippen LogP) is 7.15. The van der Waals surface area contributed by atoms with Gasteiger partial charge in [-0.3, -0.25) is 14.4 Å². The summed E-state index contributed by atoms with van der Waals surface area (Å²) < 4.78 is 16.0. The van der Waals surface area contributed by atoms with E-state index >= 15 is 0 Å². The van der Waals surface area contributed by atoms with Crippen LogP contribution in [0, 0.1) is 0 Å². The Morgan fingerprint density at radius 2 is 1.16 bits per heavy atom. The molecule has 9 nitrogen and oxygen atoms in total. The van der Waals surface area contributed by atoms with Gasteiger partial charge in [0.15, 0.2) is 0 Å². The molecule has 0 aliphatic rings. The summed E-state index contributed by atoms with van der Waals surface area (Å²) in [7, 11) is 0. The smallest absolute Gasteiger partial charge is 0.408 e. The van der Waals surface area contributed by atoms with Gasteiger partial charge in [0.1, 0.15) is 23.9 Å². The lowest BCUT2D eigenvalue weighted by atomic mass is 10.1. The van der Waals surface area contributed by atoms with Crippen LogP contribution >= 0.6 is 0 Å². The van der Waals surface area contributed by atoms with Gasteiger partial charge >= 0.3 is 18.0 Å². The highest BCUT2D eigenvalue weighted by molar-refractivity contribution is 5.86. The number of carbonyl (C=O) groups is 4. The van der Waals surface area contributed by atoms with Crippen LogP contribution in [0.4, 0.5) is 4.79 Å². The minimum atomic E-state index is -0.903. The molecular formula is C34H56N2O7. The lowest BCUT2D eigenvalue weighted by Crippen LogP contribution is -2.47. The van der Waals surface area contributed by atoms with E-state index in [1.165, 1.54) is 19.3 Å². The van der Waals surface area contributed by atoms with Gasteiger partial charge in [-0.1, -0.05) is 81.7 Å². The molecule has 0 fully saturated rings. The van der Waals surface area contributed by atoms with Crippen molar-refractivity contribution in [2.24, 2.45) is 0 Å². The van der Waals surface area contributed by atoms with Crippen molar-refractivity contribution in [3.63, 3.8) is 0 Å². The predicted molar refractivity (Wildman–Crippen MR) is 168 cm³/mol. The molecule has 1 aromatic carbocycles. The number of nitrogens with one attached hydrogen (secondary N) is 2. The lowest BCUT2D eigenvalue weighted by Gasteiger charge is -2.21. The number of esters is 2. The molecule has 0 saturated heterocycles. The summed E-state index contributed by atoms with van der Waals surface area (Å²) in [4.78, 5) is 49.2. The number of rotatable bonds is 20. The molecular weight excluding hydrogens is 548 g/mol. The molecule has 1 rings (SSSR count). The van der Waals surface area contributed by atoms with Gasteiger partial charge in [0, 0.05) is 19.4 Å². The molecule has 244 valence electrons. The Balaban J connectivity index is 2.26. The van der Waals surface area contributed by atoms with E-state index in [0.29, 0.717) is 13.0 Å². The van der Waals surface area contributed by atoms with Gasteiger partial charge in [-0.25, -0.2) is 4.79 Å². The fourth-order valence-corrected chi connectivity index (χ4v) is 4.37. The Kier molecular flexibility index (Phi) is 18.3. The van der Waals surface area contributed by atoms with Crippen molar-refractivity contribution < 1.29 is 33.4 Å². The molecule has 0 saturated carbocycles. The van der Waals surface area contributed by atoms with Gasteiger partial charge in [0.05, 0.1) is 0 Å². The summed E-state index contributed by atoms with van der Waals surface area (Å²) in [5, 5.41) is 5.50. The molecule has 1 aromatic rings. The summed E-state index contributed by atoms with van der Waals surface area (Å²) in [6.45, 7) is 11.6. The molecule has 0 heterocycles. The average molecular weight is 605 g/mol. The van der Waals surface area contributed by atoms with E-state index < -0.39 is 29.3 Å². The molecule has 1 atom stereocenters. The van der Waals surface area contributed by atoms with Crippen LogP contribution in [0.5, 0.6) is 0 Å². The quantitative estimate of drug-likeness (QED) is 0.0921. The summed E-state index contributed by atoms with van der Waals surface area (Å²) in [6.07, 6.45) is 10.6. The van der Waals surface area contributed by atoms with Gasteiger partial charge in [-0.05, 0) is 66.4 Å². The highest BCUT2D eigenvalue weighted by Crippen LogP contribution is 2.14. The zero-order chi connectivity index (χ0) is 32.1. The highest BCUT2D eigenvalue weighted by atomic mass is 16.6. The molecule has 2 N–H and O–H groups in total. The van der Waals surface area contributed by atoms with Crippen LogP contribution in [-0.4, -0.2) is 47.7 Å². The Hall–Kier alpha value is -3.10. The Morgan fingerprint density at radius 1 is 0.674 bits per heavy atom. The maximum Gasteiger partial charge on any atom is 0.408 e. The lowest BCUT2D eigenvalue weighted by molar-refractivity contribution is -0.156. The van der Waals surface area contributed by atoms with Crippen molar-refractivity contribution in [3.8, 4) is 0 Å². The molecule has 2 amide bonds. The van der Waals surface area contributed by atoms with Gasteiger partial charge in [0.25, 0.3) is 0 Å². The number of unbranched alkanes of at least 4 members (excludes halogenated alkanes) is 9. The van der Waals surface area contributed by atoms with E-state index in [9.17, 15) is 19.2 Å². The van der Waals surface area contributed by atoms with Crippen LogP contribution in [0.25, 0.3) is 0 Å². The normalized spacial score (nSPS) is 12.2. The number of hydrogen-bond acceptors (Lipinski definition) is 7. The number of ether oxygens (including phenoxy) is 3. The van der Waals surface area contributed by atoms with Crippen molar-refractivity contribution in [1.29, 1.82) is 0 Å². The number of alkyl carbamates (subject to hydrolysis) is 1. The van der Waals surface area contributed by atoms with Gasteiger partial charge in [-0.2, -0.15) is 0 Å². The summed E-state index contributed by atoms with van der Waals surface area (Å²) in [5.41, 5.74) is -0.202. The molecule has 0 bridgehead atoms. The fourth-order valence-electron chi connectivity index (χ4n) is 4.37. The number of amides is 2. The summed E-state index contributed by atoms with van der Waals surface area (Å²) >= 11 is 0. The maximum atomic E-state index is 12.9. The maximum absolute atomic E-state index is 12.9. The average Bonchev–Trinajstić information content (AvgIpc) is 2.90. The Bertz CT molecular complexity index is 952. The molecule has 0 spiro atoms. The first-order valence-corrected chi connectivity index (χ1v) is 15.9. The molecule has 9 heteroatoms. The second kappa shape index (κ2) is 20.7. The van der Waals surface area contributed by atoms with Crippen LogP contribution in [-0.2, 0) is 35.2 Å². The molecule has 43 heavy (non-hydrogen) atoms. The second-order valence-corrected chi connectivity index (χ2v) is 13.0. The third kappa shape index (κ3) is 22.2. The SMILES string of the molecule is CC(C)(C)OC(=O)CCCCCCCCCCCCNC(=O)[C@H](CCC(=O)OC(C)(C)C)NC(=O)OCc1ccccc1. The van der Waals surface area contributed by atoms with Crippen LogP contribution in [0.2, 0.25) is 0 Å². The minimum Gasteiger partial charge on any atom is -0.460 e. The Labute approximate surface area is 259 Å². The topological polar surface area (TPSA) is 120 Å². The van der Waals surface area contributed by atoms with Crippen LogP contribution < -0.4 is 10.6 Å². The number of carbonyl (C=O) groups excluding carboxylic acids is 4.